The second kappa shape index (κ2) is 6.41. The third-order valence-corrected chi connectivity index (χ3v) is 4.20. The highest BCUT2D eigenvalue weighted by atomic mass is 32.1. The van der Waals surface area contributed by atoms with Crippen molar-refractivity contribution < 1.29 is 4.79 Å². The largest absolute Gasteiger partial charge is 0.399 e. The molecule has 0 radical (unpaired) electrons. The van der Waals surface area contributed by atoms with Crippen molar-refractivity contribution in [2.45, 2.75) is 6.54 Å². The molecule has 0 fully saturated rings. The quantitative estimate of drug-likeness (QED) is 0.726. The van der Waals surface area contributed by atoms with Gasteiger partial charge in [0.25, 0.3) is 5.91 Å². The van der Waals surface area contributed by atoms with Crippen LogP contribution in [-0.2, 0) is 6.54 Å². The van der Waals surface area contributed by atoms with Gasteiger partial charge in [0, 0.05) is 17.8 Å². The van der Waals surface area contributed by atoms with Crippen LogP contribution in [0.5, 0.6) is 0 Å². The minimum Gasteiger partial charge on any atom is -0.399 e. The van der Waals surface area contributed by atoms with E-state index < -0.39 is 0 Å². The monoisotopic (exact) mass is 309 g/mol. The number of rotatable bonds is 4. The van der Waals surface area contributed by atoms with Crippen molar-refractivity contribution in [1.82, 2.24) is 10.3 Å². The average Bonchev–Trinajstić information content (AvgIpc) is 3.04. The first kappa shape index (κ1) is 14.3. The van der Waals surface area contributed by atoms with Gasteiger partial charge in [0.2, 0.25) is 0 Å². The molecule has 1 amide bonds. The number of nitrogens with one attached hydrogen (secondary N) is 1. The molecule has 0 unspecified atom stereocenters. The maximum Gasteiger partial charge on any atom is 0.263 e. The van der Waals surface area contributed by atoms with Gasteiger partial charge in [-0.25, -0.2) is 4.98 Å². The number of nitrogen functional groups attached to an aromatic ring is 1. The lowest BCUT2D eigenvalue weighted by Crippen LogP contribution is -2.21. The predicted molar refractivity (Wildman–Crippen MR) is 89.6 cm³/mol. The van der Waals surface area contributed by atoms with Crippen LogP contribution in [-0.4, -0.2) is 10.9 Å². The summed E-state index contributed by atoms with van der Waals surface area (Å²) < 4.78 is 0. The molecule has 22 heavy (non-hydrogen) atoms. The van der Waals surface area contributed by atoms with Crippen molar-refractivity contribution in [2.24, 2.45) is 0 Å². The highest BCUT2D eigenvalue weighted by Crippen LogP contribution is 2.26. The fourth-order valence-corrected chi connectivity index (χ4v) is 2.88. The van der Waals surface area contributed by atoms with Crippen LogP contribution in [0.3, 0.4) is 0 Å². The third kappa shape index (κ3) is 3.32. The van der Waals surface area contributed by atoms with E-state index in [1.54, 1.807) is 6.20 Å². The molecule has 4 nitrogen and oxygen atoms in total. The lowest BCUT2D eigenvalue weighted by Gasteiger charge is -2.02. The molecule has 5 heteroatoms. The van der Waals surface area contributed by atoms with Crippen molar-refractivity contribution in [3.8, 4) is 10.6 Å². The number of nitrogens with two attached hydrogens (primary N) is 1. The van der Waals surface area contributed by atoms with Crippen molar-refractivity contribution in [2.75, 3.05) is 5.73 Å². The summed E-state index contributed by atoms with van der Waals surface area (Å²) in [5.41, 5.74) is 8.44. The normalized spacial score (nSPS) is 10.4. The van der Waals surface area contributed by atoms with Gasteiger partial charge in [0.15, 0.2) is 0 Å². The molecule has 110 valence electrons. The Morgan fingerprint density at radius 1 is 1.14 bits per heavy atom. The Kier molecular flexibility index (Phi) is 4.16. The number of nitrogens with zero attached hydrogens (tertiary/aromatic N) is 1. The van der Waals surface area contributed by atoms with E-state index in [0.717, 1.165) is 16.1 Å². The van der Waals surface area contributed by atoms with Crippen molar-refractivity contribution >= 4 is 22.9 Å². The van der Waals surface area contributed by atoms with Crippen LogP contribution < -0.4 is 11.1 Å². The second-order valence-electron chi connectivity index (χ2n) is 4.82. The molecule has 0 aliphatic carbocycles. The molecule has 3 N–H and O–H groups in total. The van der Waals surface area contributed by atoms with E-state index in [1.807, 2.05) is 54.6 Å². The zero-order chi connectivity index (χ0) is 15.4. The zero-order valence-electron chi connectivity index (χ0n) is 11.8. The highest BCUT2D eigenvalue weighted by molar-refractivity contribution is 7.16. The molecule has 0 saturated heterocycles. The molecule has 3 aromatic rings. The summed E-state index contributed by atoms with van der Waals surface area (Å²) in [4.78, 5) is 17.1. The molecular weight excluding hydrogens is 294 g/mol. The molecule has 1 aromatic heterocycles. The standard InChI is InChI=1S/C17H15N3OS/c18-14-8-4-7-13(9-14)17-20-11-15(22-17)16(21)19-10-12-5-2-1-3-6-12/h1-9,11H,10,18H2,(H,19,21). The maximum atomic E-state index is 12.2. The van der Waals surface area contributed by atoms with E-state index in [0.29, 0.717) is 17.1 Å². The van der Waals surface area contributed by atoms with E-state index in [2.05, 4.69) is 10.3 Å². The van der Waals surface area contributed by atoms with Crippen LogP contribution in [0.25, 0.3) is 10.6 Å². The Hall–Kier alpha value is -2.66. The Morgan fingerprint density at radius 2 is 1.95 bits per heavy atom. The summed E-state index contributed by atoms with van der Waals surface area (Å²) in [6.45, 7) is 0.505. The molecule has 2 aromatic carbocycles. The predicted octanol–water partition coefficient (Wildman–Crippen LogP) is 3.32. The first-order chi connectivity index (χ1) is 10.7. The van der Waals surface area contributed by atoms with Crippen molar-refractivity contribution in [1.29, 1.82) is 0 Å². The fourth-order valence-electron chi connectivity index (χ4n) is 2.05. The average molecular weight is 309 g/mol. The van der Waals surface area contributed by atoms with E-state index in [-0.39, 0.29) is 5.91 Å². The summed E-state index contributed by atoms with van der Waals surface area (Å²) in [5, 5.41) is 3.69. The molecule has 0 aliphatic rings. The van der Waals surface area contributed by atoms with Gasteiger partial charge < -0.3 is 11.1 Å². The summed E-state index contributed by atoms with van der Waals surface area (Å²) in [7, 11) is 0. The second-order valence-corrected chi connectivity index (χ2v) is 5.85. The Bertz CT molecular complexity index is 783. The van der Waals surface area contributed by atoms with Crippen LogP contribution in [0.4, 0.5) is 5.69 Å². The van der Waals surface area contributed by atoms with E-state index in [1.165, 1.54) is 11.3 Å². The summed E-state index contributed by atoms with van der Waals surface area (Å²) in [6, 6.07) is 17.3. The van der Waals surface area contributed by atoms with Gasteiger partial charge in [0.05, 0.1) is 6.20 Å². The maximum absolute atomic E-state index is 12.2. The van der Waals surface area contributed by atoms with Crippen LogP contribution in [0.2, 0.25) is 0 Å². The molecular formula is C17H15N3OS. The molecule has 0 bridgehead atoms. The number of amides is 1. The third-order valence-electron chi connectivity index (χ3n) is 3.16. The van der Waals surface area contributed by atoms with E-state index in [9.17, 15) is 4.79 Å². The minimum atomic E-state index is -0.114. The first-order valence-corrected chi connectivity index (χ1v) is 7.68. The van der Waals surface area contributed by atoms with Crippen LogP contribution >= 0.6 is 11.3 Å². The van der Waals surface area contributed by atoms with Crippen molar-refractivity contribution in [3.63, 3.8) is 0 Å². The summed E-state index contributed by atoms with van der Waals surface area (Å²) in [6.07, 6.45) is 1.60. The molecule has 0 saturated carbocycles. The lowest BCUT2D eigenvalue weighted by molar-refractivity contribution is 0.0955. The van der Waals surface area contributed by atoms with E-state index in [4.69, 9.17) is 5.73 Å². The molecule has 3 rings (SSSR count). The first-order valence-electron chi connectivity index (χ1n) is 6.86. The van der Waals surface area contributed by atoms with Gasteiger partial charge in [-0.05, 0) is 17.7 Å². The molecule has 0 spiro atoms. The summed E-state index contributed by atoms with van der Waals surface area (Å²) >= 11 is 1.36. The van der Waals surface area contributed by atoms with Crippen LogP contribution in [0.15, 0.2) is 60.8 Å². The number of carbonyl (C=O) groups excluding carboxylic acids is 1. The van der Waals surface area contributed by atoms with Crippen molar-refractivity contribution in [3.05, 3.63) is 71.2 Å². The SMILES string of the molecule is Nc1cccc(-c2ncc(C(=O)NCc3ccccc3)s2)c1. The Morgan fingerprint density at radius 3 is 2.73 bits per heavy atom. The van der Waals surface area contributed by atoms with Gasteiger partial charge in [-0.15, -0.1) is 11.3 Å². The number of carbonyl (C=O) groups is 1. The number of thiazole rings is 1. The van der Waals surface area contributed by atoms with E-state index >= 15 is 0 Å². The van der Waals surface area contributed by atoms with Gasteiger partial charge in [-0.2, -0.15) is 0 Å². The summed E-state index contributed by atoms with van der Waals surface area (Å²) in [5.74, 6) is -0.114. The van der Waals surface area contributed by atoms with Gasteiger partial charge >= 0.3 is 0 Å². The minimum absolute atomic E-state index is 0.114. The number of anilines is 1. The highest BCUT2D eigenvalue weighted by Gasteiger charge is 2.11. The van der Waals surface area contributed by atoms with Crippen LogP contribution in [0, 0.1) is 0 Å². The van der Waals surface area contributed by atoms with Crippen LogP contribution in [0.1, 0.15) is 15.2 Å². The van der Waals surface area contributed by atoms with Gasteiger partial charge in [-0.1, -0.05) is 42.5 Å². The molecule has 0 atom stereocenters. The smallest absolute Gasteiger partial charge is 0.263 e. The van der Waals surface area contributed by atoms with Gasteiger partial charge in [0.1, 0.15) is 9.88 Å². The number of benzene rings is 2. The lowest BCUT2D eigenvalue weighted by atomic mass is 10.2. The fraction of sp³-hybridized carbons (Fsp3) is 0.0588. The number of hydrogen-bond donors (Lipinski definition) is 2. The molecule has 0 aliphatic heterocycles. The zero-order valence-corrected chi connectivity index (χ0v) is 12.6. The number of hydrogen-bond acceptors (Lipinski definition) is 4. The molecule has 1 heterocycles. The number of aromatic nitrogens is 1. The Balaban J connectivity index is 1.69. The Labute approximate surface area is 132 Å². The topological polar surface area (TPSA) is 68.0 Å². The van der Waals surface area contributed by atoms with Gasteiger partial charge in [-0.3, -0.25) is 4.79 Å².